The average Bonchev–Trinajstić information content (AvgIpc) is 2.32. The van der Waals surface area contributed by atoms with Crippen molar-refractivity contribution in [1.82, 2.24) is 0 Å². The summed E-state index contributed by atoms with van der Waals surface area (Å²) in [5.74, 6) is -2.65. The van der Waals surface area contributed by atoms with Crippen molar-refractivity contribution in [2.45, 2.75) is 23.2 Å². The molecule has 2 rings (SSSR count). The van der Waals surface area contributed by atoms with Gasteiger partial charge in [0.1, 0.15) is 0 Å². The molecule has 0 saturated carbocycles. The summed E-state index contributed by atoms with van der Waals surface area (Å²) in [5, 5.41) is 0. The fourth-order valence-electron chi connectivity index (χ4n) is 1.73. The van der Waals surface area contributed by atoms with Gasteiger partial charge in [0.05, 0.1) is 3.92 Å². The smallest absolute Gasteiger partial charge is 0.200 e. The van der Waals surface area contributed by atoms with Crippen LogP contribution in [0.25, 0.3) is 0 Å². The number of benzene rings is 1. The Morgan fingerprint density at radius 2 is 2.07 bits per heavy atom. The van der Waals surface area contributed by atoms with Gasteiger partial charge in [-0.1, -0.05) is 34.7 Å². The number of fused-ring (bicyclic) bond motifs is 1. The molecule has 0 bridgehead atoms. The van der Waals surface area contributed by atoms with Crippen molar-refractivity contribution in [3.8, 4) is 0 Å². The minimum absolute atomic E-state index is 0.262. The summed E-state index contributed by atoms with van der Waals surface area (Å²) in [4.78, 5) is 0. The molecule has 1 unspecified atom stereocenters. The van der Waals surface area contributed by atoms with Gasteiger partial charge in [0.15, 0.2) is 0 Å². The first-order valence-corrected chi connectivity index (χ1v) is 6.57. The third-order valence-electron chi connectivity index (χ3n) is 2.55. The van der Waals surface area contributed by atoms with E-state index in [1.165, 1.54) is 0 Å². The quantitative estimate of drug-likeness (QED) is 0.439. The third kappa shape index (κ3) is 1.48. The zero-order valence-electron chi connectivity index (χ0n) is 7.45. The van der Waals surface area contributed by atoms with Crippen molar-refractivity contribution in [1.29, 1.82) is 0 Å². The number of hydrogen-bond donors (Lipinski definition) is 0. The predicted octanol–water partition coefficient (Wildman–Crippen LogP) is 4.05. The Hall–Kier alpha value is 0.540. The van der Waals surface area contributed by atoms with Crippen molar-refractivity contribution >= 4 is 45.2 Å². The van der Waals surface area contributed by atoms with Crippen molar-refractivity contribution in [2.75, 3.05) is 0 Å². The lowest BCUT2D eigenvalue weighted by atomic mass is 10.1. The second-order valence-corrected chi connectivity index (χ2v) is 6.11. The highest BCUT2D eigenvalue weighted by Gasteiger charge is 2.48. The van der Waals surface area contributed by atoms with Gasteiger partial charge in [0, 0.05) is 9.13 Å². The molecule has 0 nitrogen and oxygen atoms in total. The van der Waals surface area contributed by atoms with E-state index < -0.39 is 9.85 Å². The van der Waals surface area contributed by atoms with Crippen LogP contribution in [0.2, 0.25) is 0 Å². The molecule has 14 heavy (non-hydrogen) atoms. The van der Waals surface area contributed by atoms with Crippen LogP contribution in [0.5, 0.6) is 0 Å². The molecule has 0 aliphatic heterocycles. The maximum absolute atomic E-state index is 13.8. The van der Waals surface area contributed by atoms with Crippen LogP contribution >= 0.6 is 45.2 Å². The van der Waals surface area contributed by atoms with Gasteiger partial charge in [0.25, 0.3) is 5.92 Å². The lowest BCUT2D eigenvalue weighted by molar-refractivity contribution is 0.00819. The first kappa shape index (κ1) is 11.0. The molecule has 0 saturated heterocycles. The van der Waals surface area contributed by atoms with E-state index in [2.05, 4.69) is 0 Å². The zero-order valence-corrected chi connectivity index (χ0v) is 11.8. The van der Waals surface area contributed by atoms with Crippen LogP contribution in [0.1, 0.15) is 16.7 Å². The normalized spacial score (nSPS) is 23.6. The van der Waals surface area contributed by atoms with E-state index in [0.29, 0.717) is 6.42 Å². The van der Waals surface area contributed by atoms with Crippen LogP contribution in [-0.2, 0) is 12.3 Å². The summed E-state index contributed by atoms with van der Waals surface area (Å²) < 4.78 is 27.7. The number of alkyl halides is 3. The fraction of sp³-hybridized carbons (Fsp3) is 0.400. The first-order valence-electron chi connectivity index (χ1n) is 4.25. The monoisotopic (exact) mass is 420 g/mol. The number of aryl methyl sites for hydroxylation is 1. The molecule has 1 aromatic rings. The lowest BCUT2D eigenvalue weighted by Crippen LogP contribution is -2.21. The standard InChI is InChI=1S/C10H8F2I2/c1-5-2-3-6-4-7(13)10(11,12)8(6)9(5)14/h2-3,7H,4H2,1H3. The van der Waals surface area contributed by atoms with Gasteiger partial charge >= 0.3 is 0 Å². The predicted molar refractivity (Wildman–Crippen MR) is 69.3 cm³/mol. The second kappa shape index (κ2) is 3.54. The maximum atomic E-state index is 13.8. The Labute approximate surface area is 109 Å². The Balaban J connectivity index is 2.68. The Morgan fingerprint density at radius 3 is 2.71 bits per heavy atom. The Kier molecular flexibility index (Phi) is 2.79. The van der Waals surface area contributed by atoms with Crippen LogP contribution in [0.15, 0.2) is 12.1 Å². The highest BCUT2D eigenvalue weighted by Crippen LogP contribution is 2.48. The number of hydrogen-bond acceptors (Lipinski definition) is 0. The van der Waals surface area contributed by atoms with Gasteiger partial charge in [-0.2, -0.15) is 0 Å². The molecule has 76 valence electrons. The fourth-order valence-corrected chi connectivity index (χ4v) is 3.40. The van der Waals surface area contributed by atoms with E-state index in [4.69, 9.17) is 0 Å². The van der Waals surface area contributed by atoms with Crippen molar-refractivity contribution < 1.29 is 8.78 Å². The number of halogens is 4. The highest BCUT2D eigenvalue weighted by molar-refractivity contribution is 14.1. The van der Waals surface area contributed by atoms with Crippen LogP contribution < -0.4 is 0 Å². The molecule has 1 aliphatic rings. The van der Waals surface area contributed by atoms with Crippen molar-refractivity contribution in [3.05, 3.63) is 32.4 Å². The molecule has 0 radical (unpaired) electrons. The average molecular weight is 420 g/mol. The first-order chi connectivity index (χ1) is 6.44. The summed E-state index contributed by atoms with van der Waals surface area (Å²) in [7, 11) is 0. The molecule has 0 heterocycles. The highest BCUT2D eigenvalue weighted by atomic mass is 127. The van der Waals surface area contributed by atoms with Gasteiger partial charge in [-0.3, -0.25) is 0 Å². The van der Waals surface area contributed by atoms with E-state index in [1.807, 2.05) is 64.2 Å². The van der Waals surface area contributed by atoms with Gasteiger partial charge < -0.3 is 0 Å². The van der Waals surface area contributed by atoms with Crippen molar-refractivity contribution in [3.63, 3.8) is 0 Å². The molecule has 1 aliphatic carbocycles. The molecular formula is C10H8F2I2. The Bertz CT molecular complexity index is 388. The maximum Gasteiger partial charge on any atom is 0.286 e. The van der Waals surface area contributed by atoms with E-state index in [1.54, 1.807) is 0 Å². The molecule has 4 heteroatoms. The Morgan fingerprint density at radius 1 is 1.43 bits per heavy atom. The van der Waals surface area contributed by atoms with Crippen molar-refractivity contribution in [2.24, 2.45) is 0 Å². The molecular weight excluding hydrogens is 412 g/mol. The summed E-state index contributed by atoms with van der Waals surface area (Å²) in [6, 6.07) is 3.75. The summed E-state index contributed by atoms with van der Waals surface area (Å²) in [5.41, 5.74) is 2.01. The zero-order chi connectivity index (χ0) is 10.5. The minimum Gasteiger partial charge on any atom is -0.200 e. The van der Waals surface area contributed by atoms with Crippen LogP contribution in [-0.4, -0.2) is 3.92 Å². The summed E-state index contributed by atoms with van der Waals surface area (Å²) in [6.07, 6.45) is 0.485. The topological polar surface area (TPSA) is 0 Å². The molecule has 0 N–H and O–H groups in total. The minimum atomic E-state index is -2.65. The van der Waals surface area contributed by atoms with Gasteiger partial charge in [-0.15, -0.1) is 0 Å². The van der Waals surface area contributed by atoms with Crippen LogP contribution in [0.4, 0.5) is 8.78 Å². The summed E-state index contributed by atoms with van der Waals surface area (Å²) in [6.45, 7) is 1.87. The second-order valence-electron chi connectivity index (χ2n) is 3.53. The molecule has 0 aromatic heterocycles. The van der Waals surface area contributed by atoms with E-state index in [9.17, 15) is 8.78 Å². The SMILES string of the molecule is Cc1ccc2c(c1I)C(F)(F)C(I)C2. The lowest BCUT2D eigenvalue weighted by Gasteiger charge is -2.16. The molecule has 0 spiro atoms. The number of rotatable bonds is 0. The van der Waals surface area contributed by atoms with Crippen LogP contribution in [0.3, 0.4) is 0 Å². The van der Waals surface area contributed by atoms with Gasteiger partial charge in [0.2, 0.25) is 0 Å². The largest absolute Gasteiger partial charge is 0.286 e. The summed E-state index contributed by atoms with van der Waals surface area (Å²) >= 11 is 3.87. The van der Waals surface area contributed by atoms with E-state index in [-0.39, 0.29) is 5.56 Å². The van der Waals surface area contributed by atoms with E-state index in [0.717, 1.165) is 14.7 Å². The molecule has 1 aromatic carbocycles. The van der Waals surface area contributed by atoms with Gasteiger partial charge in [-0.25, -0.2) is 8.78 Å². The van der Waals surface area contributed by atoms with Gasteiger partial charge in [-0.05, 0) is 47.1 Å². The van der Waals surface area contributed by atoms with Crippen LogP contribution in [0, 0.1) is 10.5 Å². The van der Waals surface area contributed by atoms with E-state index >= 15 is 0 Å². The third-order valence-corrected chi connectivity index (χ3v) is 5.16. The molecule has 1 atom stereocenters. The molecule has 0 amide bonds. The molecule has 0 fully saturated rings.